The van der Waals surface area contributed by atoms with Crippen LogP contribution in [0.3, 0.4) is 0 Å². The number of hydrogen-bond donors (Lipinski definition) is 1. The van der Waals surface area contributed by atoms with Gasteiger partial charge in [0.1, 0.15) is 5.82 Å². The second-order valence-electron chi connectivity index (χ2n) is 4.11. The maximum Gasteiger partial charge on any atom is 0.394 e. The molecular formula is C12H12F4N2. The lowest BCUT2D eigenvalue weighted by atomic mass is 10.1. The molecule has 1 heterocycles. The Balaban J connectivity index is 2.35. The van der Waals surface area contributed by atoms with E-state index in [-0.39, 0.29) is 6.54 Å². The fourth-order valence-corrected chi connectivity index (χ4v) is 1.89. The van der Waals surface area contributed by atoms with Crippen LogP contribution in [0.4, 0.5) is 17.6 Å². The number of aromatic nitrogens is 1. The van der Waals surface area contributed by atoms with E-state index < -0.39 is 24.5 Å². The maximum absolute atomic E-state index is 13.4. The van der Waals surface area contributed by atoms with E-state index in [0.717, 1.165) is 0 Å². The van der Waals surface area contributed by atoms with Crippen LogP contribution in [0.2, 0.25) is 0 Å². The number of fused-ring (bicyclic) bond motifs is 1. The van der Waals surface area contributed by atoms with Gasteiger partial charge in [0.15, 0.2) is 0 Å². The summed E-state index contributed by atoms with van der Waals surface area (Å²) in [6.45, 7) is -0.786. The highest BCUT2D eigenvalue weighted by molar-refractivity contribution is 5.80. The molecule has 18 heavy (non-hydrogen) atoms. The highest BCUT2D eigenvalue weighted by Crippen LogP contribution is 2.28. The van der Waals surface area contributed by atoms with Crippen molar-refractivity contribution in [2.75, 3.05) is 6.54 Å². The molecule has 6 heteroatoms. The standard InChI is InChI=1S/C12H12F4N2/c13-10-2-1-3-11-9(10)4-5-18(11)7-8(6-17)12(14,15)16/h1-5,8H,6-7,17H2. The second-order valence-corrected chi connectivity index (χ2v) is 4.11. The van der Waals surface area contributed by atoms with Gasteiger partial charge < -0.3 is 10.3 Å². The minimum Gasteiger partial charge on any atom is -0.347 e. The van der Waals surface area contributed by atoms with Crippen LogP contribution < -0.4 is 5.73 Å². The molecule has 1 atom stereocenters. The molecule has 0 aliphatic carbocycles. The van der Waals surface area contributed by atoms with Crippen molar-refractivity contribution in [1.29, 1.82) is 0 Å². The summed E-state index contributed by atoms with van der Waals surface area (Å²) in [4.78, 5) is 0. The fraction of sp³-hybridized carbons (Fsp3) is 0.333. The van der Waals surface area contributed by atoms with E-state index in [1.54, 1.807) is 6.07 Å². The average molecular weight is 260 g/mol. The Bertz CT molecular complexity index is 544. The number of benzene rings is 1. The van der Waals surface area contributed by atoms with Crippen molar-refractivity contribution in [3.05, 3.63) is 36.3 Å². The molecule has 2 aromatic rings. The minimum atomic E-state index is -4.35. The van der Waals surface area contributed by atoms with Crippen LogP contribution in [-0.4, -0.2) is 17.3 Å². The van der Waals surface area contributed by atoms with E-state index in [0.29, 0.717) is 10.9 Å². The van der Waals surface area contributed by atoms with Crippen LogP contribution >= 0.6 is 0 Å². The first-order valence-corrected chi connectivity index (χ1v) is 5.43. The summed E-state index contributed by atoms with van der Waals surface area (Å²) in [7, 11) is 0. The molecule has 2 rings (SSSR count). The van der Waals surface area contributed by atoms with Gasteiger partial charge in [0.05, 0.1) is 11.4 Å². The molecule has 0 bridgehead atoms. The first-order valence-electron chi connectivity index (χ1n) is 5.43. The van der Waals surface area contributed by atoms with Gasteiger partial charge in [0.2, 0.25) is 0 Å². The second kappa shape index (κ2) is 4.61. The van der Waals surface area contributed by atoms with Crippen LogP contribution in [0.15, 0.2) is 30.5 Å². The quantitative estimate of drug-likeness (QED) is 0.845. The molecule has 0 radical (unpaired) electrons. The molecule has 0 aliphatic rings. The third-order valence-electron chi connectivity index (χ3n) is 2.92. The number of halogens is 4. The average Bonchev–Trinajstić information content (AvgIpc) is 2.69. The molecule has 1 aromatic carbocycles. The predicted molar refractivity (Wildman–Crippen MR) is 60.5 cm³/mol. The van der Waals surface area contributed by atoms with Crippen molar-refractivity contribution in [2.45, 2.75) is 12.7 Å². The lowest BCUT2D eigenvalue weighted by Gasteiger charge is -2.19. The Kier molecular flexibility index (Phi) is 3.30. The highest BCUT2D eigenvalue weighted by atomic mass is 19.4. The molecule has 0 aliphatic heterocycles. The molecule has 0 spiro atoms. The molecule has 1 aromatic heterocycles. The van der Waals surface area contributed by atoms with Crippen LogP contribution in [0.25, 0.3) is 10.9 Å². The summed E-state index contributed by atoms with van der Waals surface area (Å²) in [5.41, 5.74) is 5.58. The van der Waals surface area contributed by atoms with Gasteiger partial charge >= 0.3 is 6.18 Å². The van der Waals surface area contributed by atoms with E-state index in [4.69, 9.17) is 5.73 Å². The van der Waals surface area contributed by atoms with Gasteiger partial charge in [-0.1, -0.05) is 6.07 Å². The van der Waals surface area contributed by atoms with Crippen molar-refractivity contribution in [1.82, 2.24) is 4.57 Å². The maximum atomic E-state index is 13.4. The zero-order valence-electron chi connectivity index (χ0n) is 9.41. The van der Waals surface area contributed by atoms with Crippen molar-refractivity contribution < 1.29 is 17.6 Å². The van der Waals surface area contributed by atoms with Gasteiger partial charge in [0.25, 0.3) is 0 Å². The predicted octanol–water partition coefficient (Wildman–Crippen LogP) is 2.92. The number of hydrogen-bond acceptors (Lipinski definition) is 1. The molecule has 1 unspecified atom stereocenters. The number of rotatable bonds is 3. The lowest BCUT2D eigenvalue weighted by Crippen LogP contribution is -2.33. The van der Waals surface area contributed by atoms with Crippen molar-refractivity contribution in [2.24, 2.45) is 11.7 Å². The summed E-state index contributed by atoms with van der Waals surface area (Å²) in [6.07, 6.45) is -2.90. The largest absolute Gasteiger partial charge is 0.394 e. The summed E-state index contributed by atoms with van der Waals surface area (Å²) in [5.74, 6) is -2.07. The normalized spacial score (nSPS) is 14.1. The van der Waals surface area contributed by atoms with Crippen LogP contribution in [0, 0.1) is 11.7 Å². The van der Waals surface area contributed by atoms with Crippen LogP contribution in [-0.2, 0) is 6.54 Å². The Morgan fingerprint density at radius 2 is 1.94 bits per heavy atom. The topological polar surface area (TPSA) is 30.9 Å². The number of nitrogens with two attached hydrogens (primary N) is 1. The van der Waals surface area contributed by atoms with E-state index in [1.165, 1.54) is 29.0 Å². The van der Waals surface area contributed by atoms with Gasteiger partial charge in [-0.15, -0.1) is 0 Å². The Hall–Kier alpha value is -1.56. The Morgan fingerprint density at radius 3 is 2.56 bits per heavy atom. The fourth-order valence-electron chi connectivity index (χ4n) is 1.89. The monoisotopic (exact) mass is 260 g/mol. The molecule has 98 valence electrons. The summed E-state index contributed by atoms with van der Waals surface area (Å²) in [5, 5.41) is 0.315. The van der Waals surface area contributed by atoms with Crippen molar-refractivity contribution in [3.63, 3.8) is 0 Å². The van der Waals surface area contributed by atoms with E-state index in [2.05, 4.69) is 0 Å². The molecule has 0 saturated carbocycles. The van der Waals surface area contributed by atoms with E-state index in [1.807, 2.05) is 0 Å². The molecule has 0 amide bonds. The van der Waals surface area contributed by atoms with Crippen LogP contribution in [0.1, 0.15) is 0 Å². The first kappa shape index (κ1) is 12.9. The number of alkyl halides is 3. The third kappa shape index (κ3) is 2.33. The molecule has 0 saturated heterocycles. The number of nitrogens with zero attached hydrogens (tertiary/aromatic N) is 1. The zero-order valence-corrected chi connectivity index (χ0v) is 9.41. The Morgan fingerprint density at radius 1 is 1.22 bits per heavy atom. The van der Waals surface area contributed by atoms with Gasteiger partial charge in [-0.3, -0.25) is 0 Å². The summed E-state index contributed by atoms with van der Waals surface area (Å²) < 4.78 is 52.6. The highest BCUT2D eigenvalue weighted by Gasteiger charge is 2.38. The molecule has 2 N–H and O–H groups in total. The SMILES string of the molecule is NCC(Cn1ccc2c(F)cccc21)C(F)(F)F. The first-order chi connectivity index (χ1) is 8.43. The van der Waals surface area contributed by atoms with Gasteiger partial charge in [-0.25, -0.2) is 4.39 Å². The Labute approximate surface area is 101 Å². The zero-order chi connectivity index (χ0) is 13.3. The van der Waals surface area contributed by atoms with Gasteiger partial charge in [-0.05, 0) is 18.2 Å². The van der Waals surface area contributed by atoms with Crippen molar-refractivity contribution in [3.8, 4) is 0 Å². The van der Waals surface area contributed by atoms with E-state index in [9.17, 15) is 17.6 Å². The lowest BCUT2D eigenvalue weighted by molar-refractivity contribution is -0.174. The molecule has 0 fully saturated rings. The molecule has 2 nitrogen and oxygen atoms in total. The summed E-state index contributed by atoms with van der Waals surface area (Å²) in [6, 6.07) is 5.80. The van der Waals surface area contributed by atoms with Crippen LogP contribution in [0.5, 0.6) is 0 Å². The van der Waals surface area contributed by atoms with Gasteiger partial charge in [-0.2, -0.15) is 13.2 Å². The molecular weight excluding hydrogens is 248 g/mol. The van der Waals surface area contributed by atoms with Gasteiger partial charge in [0, 0.05) is 24.7 Å². The summed E-state index contributed by atoms with van der Waals surface area (Å²) >= 11 is 0. The van der Waals surface area contributed by atoms with Crippen molar-refractivity contribution >= 4 is 10.9 Å². The smallest absolute Gasteiger partial charge is 0.347 e. The third-order valence-corrected chi connectivity index (χ3v) is 2.92. The minimum absolute atomic E-state index is 0.299. The van der Waals surface area contributed by atoms with E-state index >= 15 is 0 Å².